The van der Waals surface area contributed by atoms with Gasteiger partial charge in [0, 0.05) is 13.6 Å². The molecule has 100 valence electrons. The Morgan fingerprint density at radius 3 is 2.61 bits per heavy atom. The van der Waals surface area contributed by atoms with E-state index < -0.39 is 21.9 Å². The molecule has 0 saturated carbocycles. The number of hydrogen-bond acceptors (Lipinski definition) is 3. The molecule has 1 amide bonds. The van der Waals surface area contributed by atoms with Crippen LogP contribution in [0.15, 0.2) is 18.2 Å². The van der Waals surface area contributed by atoms with Crippen molar-refractivity contribution < 1.29 is 22.7 Å². The minimum Gasteiger partial charge on any atom is -0.465 e. The molecule has 0 aliphatic rings. The Bertz CT molecular complexity index is 559. The first kappa shape index (κ1) is 14.2. The van der Waals surface area contributed by atoms with Crippen LogP contribution in [0.25, 0.3) is 0 Å². The second kappa shape index (κ2) is 5.21. The summed E-state index contributed by atoms with van der Waals surface area (Å²) in [4.78, 5) is 10.4. The first-order chi connectivity index (χ1) is 8.21. The minimum atomic E-state index is -3.49. The Labute approximate surface area is 104 Å². The van der Waals surface area contributed by atoms with Gasteiger partial charge in [0.2, 0.25) is 10.0 Å². The Kier molecular flexibility index (Phi) is 4.12. The van der Waals surface area contributed by atoms with Gasteiger partial charge in [-0.3, -0.25) is 4.31 Å². The van der Waals surface area contributed by atoms with Crippen LogP contribution in [0.4, 0.5) is 14.9 Å². The standard InChI is InChI=1S/C10H13FN2O4S/c1-13(18(2,16)17)9-4-3-8(11)5-7(9)6-12-10(14)15/h3-5,12H,6H2,1-2H3,(H,14,15). The molecule has 0 spiro atoms. The number of nitrogens with one attached hydrogen (secondary N) is 1. The average molecular weight is 276 g/mol. The molecule has 1 aromatic rings. The number of sulfonamides is 1. The maximum atomic E-state index is 13.1. The van der Waals surface area contributed by atoms with E-state index in [0.29, 0.717) is 0 Å². The number of hydrogen-bond donors (Lipinski definition) is 2. The molecule has 6 nitrogen and oxygen atoms in total. The lowest BCUT2D eigenvalue weighted by atomic mass is 10.1. The van der Waals surface area contributed by atoms with E-state index >= 15 is 0 Å². The van der Waals surface area contributed by atoms with Crippen LogP contribution in [0.1, 0.15) is 5.56 Å². The molecule has 0 atom stereocenters. The Balaban J connectivity index is 3.14. The predicted octanol–water partition coefficient (Wildman–Crippen LogP) is 0.989. The smallest absolute Gasteiger partial charge is 0.404 e. The molecule has 8 heteroatoms. The third-order valence-corrected chi connectivity index (χ3v) is 3.50. The van der Waals surface area contributed by atoms with Crippen LogP contribution >= 0.6 is 0 Å². The Morgan fingerprint density at radius 1 is 1.50 bits per heavy atom. The molecule has 18 heavy (non-hydrogen) atoms. The normalized spacial score (nSPS) is 11.1. The molecule has 0 bridgehead atoms. The number of halogens is 1. The van der Waals surface area contributed by atoms with Crippen LogP contribution in [0.3, 0.4) is 0 Å². The summed E-state index contributed by atoms with van der Waals surface area (Å²) in [6.07, 6.45) is -0.266. The number of amides is 1. The molecule has 0 saturated heterocycles. The van der Waals surface area contributed by atoms with Crippen LogP contribution in [0.2, 0.25) is 0 Å². The second-order valence-electron chi connectivity index (χ2n) is 3.66. The summed E-state index contributed by atoms with van der Waals surface area (Å²) in [5.74, 6) is -0.567. The van der Waals surface area contributed by atoms with Gasteiger partial charge in [0.15, 0.2) is 0 Å². The van der Waals surface area contributed by atoms with Crippen molar-refractivity contribution >= 4 is 21.8 Å². The summed E-state index contributed by atoms with van der Waals surface area (Å²) >= 11 is 0. The molecule has 0 aromatic heterocycles. The molecule has 0 radical (unpaired) electrons. The number of benzene rings is 1. The largest absolute Gasteiger partial charge is 0.465 e. The van der Waals surface area contributed by atoms with Crippen LogP contribution in [-0.4, -0.2) is 32.9 Å². The van der Waals surface area contributed by atoms with Gasteiger partial charge in [0.05, 0.1) is 11.9 Å². The van der Waals surface area contributed by atoms with Crippen molar-refractivity contribution in [2.24, 2.45) is 0 Å². The molecule has 1 aromatic carbocycles. The zero-order valence-corrected chi connectivity index (χ0v) is 10.7. The van der Waals surface area contributed by atoms with Crippen molar-refractivity contribution in [2.45, 2.75) is 6.54 Å². The number of carboxylic acid groups (broad SMARTS) is 1. The lowest BCUT2D eigenvalue weighted by Gasteiger charge is -2.20. The zero-order valence-electron chi connectivity index (χ0n) is 9.84. The summed E-state index contributed by atoms with van der Waals surface area (Å²) in [5.41, 5.74) is 0.470. The minimum absolute atomic E-state index is 0.178. The van der Waals surface area contributed by atoms with Crippen molar-refractivity contribution in [3.63, 3.8) is 0 Å². The molecular formula is C10H13FN2O4S. The van der Waals surface area contributed by atoms with Crippen molar-refractivity contribution in [1.82, 2.24) is 5.32 Å². The lowest BCUT2D eigenvalue weighted by molar-refractivity contribution is 0.194. The van der Waals surface area contributed by atoms with Gasteiger partial charge < -0.3 is 10.4 Å². The number of rotatable bonds is 4. The summed E-state index contributed by atoms with van der Waals surface area (Å²) < 4.78 is 36.9. The highest BCUT2D eigenvalue weighted by molar-refractivity contribution is 7.92. The van der Waals surface area contributed by atoms with Gasteiger partial charge in [-0.25, -0.2) is 17.6 Å². The highest BCUT2D eigenvalue weighted by Crippen LogP contribution is 2.22. The third-order valence-electron chi connectivity index (χ3n) is 2.31. The average Bonchev–Trinajstić information content (AvgIpc) is 2.24. The van der Waals surface area contributed by atoms with Crippen LogP contribution in [0.5, 0.6) is 0 Å². The van der Waals surface area contributed by atoms with E-state index in [9.17, 15) is 17.6 Å². The third kappa shape index (κ3) is 3.59. The highest BCUT2D eigenvalue weighted by Gasteiger charge is 2.16. The Morgan fingerprint density at radius 2 is 2.11 bits per heavy atom. The molecule has 2 N–H and O–H groups in total. The van der Waals surface area contributed by atoms with E-state index in [-0.39, 0.29) is 17.8 Å². The van der Waals surface area contributed by atoms with Crippen LogP contribution < -0.4 is 9.62 Å². The number of carbonyl (C=O) groups is 1. The number of anilines is 1. The quantitative estimate of drug-likeness (QED) is 0.858. The summed E-state index contributed by atoms with van der Waals surface area (Å²) in [6.45, 7) is -0.178. The molecular weight excluding hydrogens is 263 g/mol. The number of nitrogens with zero attached hydrogens (tertiary/aromatic N) is 1. The first-order valence-electron chi connectivity index (χ1n) is 4.91. The van der Waals surface area contributed by atoms with E-state index in [2.05, 4.69) is 5.32 Å². The molecule has 0 aliphatic heterocycles. The maximum absolute atomic E-state index is 13.1. The maximum Gasteiger partial charge on any atom is 0.404 e. The molecule has 1 rings (SSSR count). The van der Waals surface area contributed by atoms with Crippen molar-refractivity contribution in [3.8, 4) is 0 Å². The van der Waals surface area contributed by atoms with E-state index in [1.807, 2.05) is 0 Å². The van der Waals surface area contributed by atoms with Gasteiger partial charge in [-0.2, -0.15) is 0 Å². The Hall–Kier alpha value is -1.83. The van der Waals surface area contributed by atoms with E-state index in [1.54, 1.807) is 0 Å². The van der Waals surface area contributed by atoms with Gasteiger partial charge in [-0.1, -0.05) is 0 Å². The monoisotopic (exact) mass is 276 g/mol. The first-order valence-corrected chi connectivity index (χ1v) is 6.76. The van der Waals surface area contributed by atoms with Gasteiger partial charge >= 0.3 is 6.09 Å². The van der Waals surface area contributed by atoms with Gasteiger partial charge in [-0.15, -0.1) is 0 Å². The zero-order chi connectivity index (χ0) is 13.9. The van der Waals surface area contributed by atoms with E-state index in [4.69, 9.17) is 5.11 Å². The van der Waals surface area contributed by atoms with Gasteiger partial charge in [0.25, 0.3) is 0 Å². The van der Waals surface area contributed by atoms with Crippen molar-refractivity contribution in [1.29, 1.82) is 0 Å². The van der Waals surface area contributed by atoms with Crippen LogP contribution in [-0.2, 0) is 16.6 Å². The highest BCUT2D eigenvalue weighted by atomic mass is 32.2. The molecule has 0 aliphatic carbocycles. The topological polar surface area (TPSA) is 86.7 Å². The van der Waals surface area contributed by atoms with Crippen molar-refractivity contribution in [2.75, 3.05) is 17.6 Å². The van der Waals surface area contributed by atoms with E-state index in [1.165, 1.54) is 13.1 Å². The molecule has 0 fully saturated rings. The fourth-order valence-corrected chi connectivity index (χ4v) is 1.89. The fraction of sp³-hybridized carbons (Fsp3) is 0.300. The second-order valence-corrected chi connectivity index (χ2v) is 5.68. The summed E-state index contributed by atoms with van der Waals surface area (Å²) in [5, 5.41) is 10.6. The van der Waals surface area contributed by atoms with Crippen LogP contribution in [0, 0.1) is 5.82 Å². The van der Waals surface area contributed by atoms with Gasteiger partial charge in [-0.05, 0) is 23.8 Å². The van der Waals surface area contributed by atoms with Crippen molar-refractivity contribution in [3.05, 3.63) is 29.6 Å². The SMILES string of the molecule is CN(c1ccc(F)cc1CNC(=O)O)S(C)(=O)=O. The lowest BCUT2D eigenvalue weighted by Crippen LogP contribution is -2.28. The van der Waals surface area contributed by atoms with E-state index in [0.717, 1.165) is 22.7 Å². The molecule has 0 unspecified atom stereocenters. The summed E-state index contributed by atoms with van der Waals surface area (Å²) in [7, 11) is -2.18. The van der Waals surface area contributed by atoms with Gasteiger partial charge in [0.1, 0.15) is 5.82 Å². The molecule has 0 heterocycles. The summed E-state index contributed by atoms with van der Waals surface area (Å²) in [6, 6.07) is 3.49. The predicted molar refractivity (Wildman–Crippen MR) is 64.5 cm³/mol. The fourth-order valence-electron chi connectivity index (χ4n) is 1.35.